The summed E-state index contributed by atoms with van der Waals surface area (Å²) in [6.07, 6.45) is 6.52. The fraction of sp³-hybridized carbons (Fsp3) is 0.722. The Kier molecular flexibility index (Phi) is 6.25. The van der Waals surface area contributed by atoms with Crippen molar-refractivity contribution in [3.8, 4) is 0 Å². The monoisotopic (exact) mass is 319 g/mol. The van der Waals surface area contributed by atoms with E-state index in [0.717, 1.165) is 58.7 Å². The number of nitrogens with one attached hydrogen (secondary N) is 1. The second kappa shape index (κ2) is 8.62. The fourth-order valence-corrected chi connectivity index (χ4v) is 3.47. The number of hydrogen-bond donors (Lipinski definition) is 1. The van der Waals surface area contributed by atoms with E-state index in [-0.39, 0.29) is 0 Å². The van der Waals surface area contributed by atoms with Crippen molar-refractivity contribution in [2.45, 2.75) is 32.3 Å². The summed E-state index contributed by atoms with van der Waals surface area (Å²) in [4.78, 5) is 7.04. The number of likely N-dealkylation sites (N-methyl/N-ethyl adjacent to an activating group) is 1. The molecule has 0 bridgehead atoms. The Morgan fingerprint density at radius 1 is 1.39 bits per heavy atom. The van der Waals surface area contributed by atoms with E-state index in [1.54, 1.807) is 0 Å². The normalized spacial score (nSPS) is 18.9. The molecule has 0 unspecified atom stereocenters. The number of fused-ring (bicyclic) bond motifs is 1. The van der Waals surface area contributed by atoms with Gasteiger partial charge in [-0.3, -0.25) is 0 Å². The van der Waals surface area contributed by atoms with Crippen LogP contribution in [-0.4, -0.2) is 51.5 Å². The topological polar surface area (TPSA) is 46.6 Å². The lowest BCUT2D eigenvalue weighted by Gasteiger charge is -2.31. The van der Waals surface area contributed by atoms with Crippen LogP contribution in [0, 0.1) is 5.92 Å². The maximum Gasteiger partial charge on any atom is 0.132 e. The summed E-state index contributed by atoms with van der Waals surface area (Å²) in [6.45, 7) is 6.45. The summed E-state index contributed by atoms with van der Waals surface area (Å²) in [6, 6.07) is 2.13. The minimum atomic E-state index is 0.661. The minimum Gasteiger partial charge on any atom is -0.381 e. The Bertz CT molecular complexity index is 489. The van der Waals surface area contributed by atoms with E-state index in [4.69, 9.17) is 9.47 Å². The first-order valence-corrected chi connectivity index (χ1v) is 8.90. The Balaban J connectivity index is 1.59. The highest BCUT2D eigenvalue weighted by Crippen LogP contribution is 2.28. The summed E-state index contributed by atoms with van der Waals surface area (Å²) in [5.74, 6) is 1.83. The molecule has 1 aromatic rings. The first-order chi connectivity index (χ1) is 11.4. The summed E-state index contributed by atoms with van der Waals surface area (Å²) in [7, 11) is 2.00. The predicted octanol–water partition coefficient (Wildman–Crippen LogP) is 2.00. The Labute approximate surface area is 139 Å². The molecule has 1 fully saturated rings. The zero-order valence-electron chi connectivity index (χ0n) is 14.2. The van der Waals surface area contributed by atoms with Crippen molar-refractivity contribution < 1.29 is 9.47 Å². The lowest BCUT2D eigenvalue weighted by molar-refractivity contribution is 0.0156. The third-order valence-electron chi connectivity index (χ3n) is 4.87. The first-order valence-electron chi connectivity index (χ1n) is 8.90. The molecule has 1 N–H and O–H groups in total. The van der Waals surface area contributed by atoms with Crippen molar-refractivity contribution in [1.82, 2.24) is 10.3 Å². The lowest BCUT2D eigenvalue weighted by atomic mass is 10.00. The van der Waals surface area contributed by atoms with Crippen molar-refractivity contribution >= 4 is 5.82 Å². The molecular weight excluding hydrogens is 290 g/mol. The van der Waals surface area contributed by atoms with Crippen LogP contribution in [0.1, 0.15) is 30.4 Å². The van der Waals surface area contributed by atoms with Gasteiger partial charge in [0.15, 0.2) is 0 Å². The Morgan fingerprint density at radius 3 is 3.09 bits per heavy atom. The van der Waals surface area contributed by atoms with Crippen LogP contribution in [-0.2, 0) is 22.5 Å². The molecule has 0 amide bonds. The van der Waals surface area contributed by atoms with Gasteiger partial charge in [-0.05, 0) is 50.3 Å². The summed E-state index contributed by atoms with van der Waals surface area (Å²) in [5, 5.41) is 3.23. The number of pyridine rings is 1. The number of aromatic nitrogens is 1. The van der Waals surface area contributed by atoms with Gasteiger partial charge in [-0.15, -0.1) is 0 Å². The third kappa shape index (κ3) is 4.43. The van der Waals surface area contributed by atoms with E-state index in [1.807, 2.05) is 13.2 Å². The van der Waals surface area contributed by atoms with Crippen LogP contribution in [0.15, 0.2) is 12.3 Å². The second-order valence-electron chi connectivity index (χ2n) is 6.54. The molecular formula is C18H29N3O2. The Morgan fingerprint density at radius 2 is 2.26 bits per heavy atom. The Hall–Kier alpha value is -1.17. The number of anilines is 1. The van der Waals surface area contributed by atoms with E-state index in [0.29, 0.717) is 12.5 Å². The van der Waals surface area contributed by atoms with Crippen LogP contribution in [0.25, 0.3) is 0 Å². The van der Waals surface area contributed by atoms with Gasteiger partial charge in [0.1, 0.15) is 5.82 Å². The average molecular weight is 319 g/mol. The molecule has 2 aliphatic rings. The molecule has 23 heavy (non-hydrogen) atoms. The molecule has 0 spiro atoms. The second-order valence-corrected chi connectivity index (χ2v) is 6.54. The molecule has 128 valence electrons. The van der Waals surface area contributed by atoms with Gasteiger partial charge < -0.3 is 19.7 Å². The van der Waals surface area contributed by atoms with Crippen LogP contribution in [0.2, 0.25) is 0 Å². The van der Waals surface area contributed by atoms with Gasteiger partial charge in [0.25, 0.3) is 0 Å². The molecule has 2 aliphatic heterocycles. The van der Waals surface area contributed by atoms with Crippen molar-refractivity contribution in [2.24, 2.45) is 5.92 Å². The summed E-state index contributed by atoms with van der Waals surface area (Å²) < 4.78 is 11.4. The zero-order valence-corrected chi connectivity index (χ0v) is 14.2. The van der Waals surface area contributed by atoms with Crippen LogP contribution in [0.5, 0.6) is 0 Å². The molecule has 1 saturated heterocycles. The van der Waals surface area contributed by atoms with Crippen LogP contribution in [0.4, 0.5) is 5.82 Å². The van der Waals surface area contributed by atoms with Crippen LogP contribution in [0.3, 0.4) is 0 Å². The van der Waals surface area contributed by atoms with Crippen molar-refractivity contribution in [3.05, 3.63) is 23.4 Å². The van der Waals surface area contributed by atoms with Gasteiger partial charge in [-0.1, -0.05) is 0 Å². The van der Waals surface area contributed by atoms with Gasteiger partial charge in [0.2, 0.25) is 0 Å². The van der Waals surface area contributed by atoms with Crippen molar-refractivity contribution in [2.75, 3.05) is 51.4 Å². The molecule has 1 aromatic heterocycles. The molecule has 3 rings (SSSR count). The highest BCUT2D eigenvalue weighted by Gasteiger charge is 2.21. The fourth-order valence-electron chi connectivity index (χ4n) is 3.47. The van der Waals surface area contributed by atoms with Crippen LogP contribution < -0.4 is 10.2 Å². The summed E-state index contributed by atoms with van der Waals surface area (Å²) >= 11 is 0. The standard InChI is InChI=1S/C18H29N3O2/c1-19-8-10-21-9-2-3-17-16(4-7-20-18(17)21)14-23-13-15-5-11-22-12-6-15/h4,7,15,19H,2-3,5-6,8-14H2,1H3. The third-order valence-corrected chi connectivity index (χ3v) is 4.87. The van der Waals surface area contributed by atoms with Gasteiger partial charge in [-0.2, -0.15) is 0 Å². The molecule has 0 atom stereocenters. The number of hydrogen-bond acceptors (Lipinski definition) is 5. The average Bonchev–Trinajstić information content (AvgIpc) is 2.61. The molecule has 0 radical (unpaired) electrons. The minimum absolute atomic E-state index is 0.661. The van der Waals surface area contributed by atoms with Gasteiger partial charge in [0.05, 0.1) is 13.2 Å². The van der Waals surface area contributed by atoms with Gasteiger partial charge in [0, 0.05) is 44.6 Å². The van der Waals surface area contributed by atoms with E-state index in [2.05, 4.69) is 21.3 Å². The van der Waals surface area contributed by atoms with Gasteiger partial charge in [-0.25, -0.2) is 4.98 Å². The van der Waals surface area contributed by atoms with E-state index >= 15 is 0 Å². The highest BCUT2D eigenvalue weighted by molar-refractivity contribution is 5.52. The van der Waals surface area contributed by atoms with E-state index in [9.17, 15) is 0 Å². The predicted molar refractivity (Wildman–Crippen MR) is 91.9 cm³/mol. The van der Waals surface area contributed by atoms with Crippen molar-refractivity contribution in [1.29, 1.82) is 0 Å². The summed E-state index contributed by atoms with van der Waals surface area (Å²) in [5.41, 5.74) is 2.71. The smallest absolute Gasteiger partial charge is 0.132 e. The molecule has 0 aliphatic carbocycles. The van der Waals surface area contributed by atoms with Crippen molar-refractivity contribution in [3.63, 3.8) is 0 Å². The van der Waals surface area contributed by atoms with E-state index in [1.165, 1.54) is 23.4 Å². The molecule has 5 heteroatoms. The number of rotatable bonds is 7. The number of nitrogens with zero attached hydrogens (tertiary/aromatic N) is 2. The quantitative estimate of drug-likeness (QED) is 0.833. The zero-order chi connectivity index (χ0) is 15.9. The molecule has 5 nitrogen and oxygen atoms in total. The largest absolute Gasteiger partial charge is 0.381 e. The molecule has 0 saturated carbocycles. The highest BCUT2D eigenvalue weighted by atomic mass is 16.5. The molecule has 3 heterocycles. The molecule has 0 aromatic carbocycles. The SMILES string of the molecule is CNCCN1CCCc2c(COCC3CCOCC3)ccnc21. The first kappa shape index (κ1) is 16.7. The maximum atomic E-state index is 6.03. The van der Waals surface area contributed by atoms with Crippen LogP contribution >= 0.6 is 0 Å². The maximum absolute atomic E-state index is 6.03. The lowest BCUT2D eigenvalue weighted by Crippen LogP contribution is -2.36. The number of ether oxygens (including phenoxy) is 2. The van der Waals surface area contributed by atoms with Gasteiger partial charge >= 0.3 is 0 Å². The van der Waals surface area contributed by atoms with E-state index < -0.39 is 0 Å².